The summed E-state index contributed by atoms with van der Waals surface area (Å²) >= 11 is 0. The van der Waals surface area contributed by atoms with Crippen LogP contribution >= 0.6 is 0 Å². The Bertz CT molecular complexity index is 677. The standard InChI is InChI=1S/C15H23N3O5S/c1-11-7-12(2)17(9-11)10-14(19)8-16-24(22,23)15-5-3-13(4-6-15)18(20)21/h3-6,11-12,14,16,19H,7-10H2,1-2H3/t11?,12?,14-/m1/s1. The molecule has 1 heterocycles. The minimum Gasteiger partial charge on any atom is -0.390 e. The normalized spacial score (nSPS) is 23.3. The van der Waals surface area contributed by atoms with Gasteiger partial charge in [-0.3, -0.25) is 15.0 Å². The monoisotopic (exact) mass is 357 g/mol. The molecule has 3 atom stereocenters. The number of nitro groups is 1. The molecule has 0 amide bonds. The molecule has 2 rings (SSSR count). The lowest BCUT2D eigenvalue weighted by Gasteiger charge is -2.24. The molecule has 0 spiro atoms. The van der Waals surface area contributed by atoms with Crippen molar-refractivity contribution in [1.82, 2.24) is 9.62 Å². The Morgan fingerprint density at radius 3 is 2.50 bits per heavy atom. The van der Waals surface area contributed by atoms with Crippen molar-refractivity contribution in [3.05, 3.63) is 34.4 Å². The van der Waals surface area contributed by atoms with Crippen molar-refractivity contribution in [1.29, 1.82) is 0 Å². The molecule has 1 aromatic rings. The molecule has 0 aromatic heterocycles. The van der Waals surface area contributed by atoms with Gasteiger partial charge in [0, 0.05) is 37.8 Å². The lowest BCUT2D eigenvalue weighted by Crippen LogP contribution is -2.41. The third kappa shape index (κ3) is 4.73. The number of rotatable bonds is 7. The summed E-state index contributed by atoms with van der Waals surface area (Å²) in [7, 11) is -3.81. The van der Waals surface area contributed by atoms with Gasteiger partial charge in [-0.05, 0) is 31.4 Å². The van der Waals surface area contributed by atoms with E-state index in [2.05, 4.69) is 23.5 Å². The number of nitrogens with one attached hydrogen (secondary N) is 1. The molecule has 8 nitrogen and oxygen atoms in total. The molecule has 9 heteroatoms. The summed E-state index contributed by atoms with van der Waals surface area (Å²) in [5, 5.41) is 20.7. The molecule has 2 N–H and O–H groups in total. The zero-order valence-corrected chi connectivity index (χ0v) is 14.6. The van der Waals surface area contributed by atoms with E-state index in [4.69, 9.17) is 0 Å². The van der Waals surface area contributed by atoms with Gasteiger partial charge in [0.15, 0.2) is 0 Å². The van der Waals surface area contributed by atoms with Gasteiger partial charge in [0.05, 0.1) is 15.9 Å². The number of non-ortho nitro benzene ring substituents is 1. The van der Waals surface area contributed by atoms with Crippen LogP contribution < -0.4 is 4.72 Å². The number of nitro benzene ring substituents is 1. The lowest BCUT2D eigenvalue weighted by molar-refractivity contribution is -0.384. The molecule has 1 fully saturated rings. The Hall–Kier alpha value is -1.55. The van der Waals surface area contributed by atoms with E-state index in [0.29, 0.717) is 18.5 Å². The smallest absolute Gasteiger partial charge is 0.269 e. The fraction of sp³-hybridized carbons (Fsp3) is 0.600. The topological polar surface area (TPSA) is 113 Å². The second-order valence-electron chi connectivity index (χ2n) is 6.40. The highest BCUT2D eigenvalue weighted by Crippen LogP contribution is 2.22. The van der Waals surface area contributed by atoms with E-state index in [9.17, 15) is 23.6 Å². The van der Waals surface area contributed by atoms with E-state index < -0.39 is 21.1 Å². The van der Waals surface area contributed by atoms with Gasteiger partial charge in [0.2, 0.25) is 10.0 Å². The van der Waals surface area contributed by atoms with Gasteiger partial charge in [0.1, 0.15) is 0 Å². The molecule has 134 valence electrons. The van der Waals surface area contributed by atoms with Crippen LogP contribution in [0.15, 0.2) is 29.2 Å². The molecule has 0 bridgehead atoms. The molecule has 24 heavy (non-hydrogen) atoms. The third-order valence-electron chi connectivity index (χ3n) is 4.23. The Morgan fingerprint density at radius 1 is 1.38 bits per heavy atom. The average Bonchev–Trinajstić information content (AvgIpc) is 2.83. The highest BCUT2D eigenvalue weighted by molar-refractivity contribution is 7.89. The molecule has 1 aliphatic rings. The quantitative estimate of drug-likeness (QED) is 0.555. The third-order valence-corrected chi connectivity index (χ3v) is 5.66. The summed E-state index contributed by atoms with van der Waals surface area (Å²) in [5.74, 6) is 0.573. The van der Waals surface area contributed by atoms with Gasteiger partial charge in [0.25, 0.3) is 5.69 Å². The van der Waals surface area contributed by atoms with Crippen molar-refractivity contribution < 1.29 is 18.4 Å². The highest BCUT2D eigenvalue weighted by atomic mass is 32.2. The molecular formula is C15H23N3O5S. The van der Waals surface area contributed by atoms with Crippen molar-refractivity contribution in [2.75, 3.05) is 19.6 Å². The van der Waals surface area contributed by atoms with Gasteiger partial charge in [-0.15, -0.1) is 0 Å². The second-order valence-corrected chi connectivity index (χ2v) is 8.17. The maximum atomic E-state index is 12.2. The van der Waals surface area contributed by atoms with Gasteiger partial charge in [-0.25, -0.2) is 13.1 Å². The maximum absolute atomic E-state index is 12.2. The van der Waals surface area contributed by atoms with Crippen LogP contribution in [0, 0.1) is 16.0 Å². The van der Waals surface area contributed by atoms with Crippen LogP contribution in [0.1, 0.15) is 20.3 Å². The van der Waals surface area contributed by atoms with E-state index in [0.717, 1.165) is 25.1 Å². The van der Waals surface area contributed by atoms with Crippen LogP contribution in [0.5, 0.6) is 0 Å². The molecule has 2 unspecified atom stereocenters. The second kappa shape index (κ2) is 7.56. The number of benzene rings is 1. The number of β-amino-alcohol motifs (C(OH)–C–C–N with tert-alkyl or cyclic N) is 1. The fourth-order valence-corrected chi connectivity index (χ4v) is 4.09. The summed E-state index contributed by atoms with van der Waals surface area (Å²) in [6.45, 7) is 5.45. The van der Waals surface area contributed by atoms with Crippen LogP contribution in [0.3, 0.4) is 0 Å². The Morgan fingerprint density at radius 2 is 2.00 bits per heavy atom. The van der Waals surface area contributed by atoms with Gasteiger partial charge in [-0.1, -0.05) is 6.92 Å². The number of hydrogen-bond donors (Lipinski definition) is 2. The molecule has 0 radical (unpaired) electrons. The Balaban J connectivity index is 1.91. The molecule has 1 aliphatic heterocycles. The number of sulfonamides is 1. The number of likely N-dealkylation sites (tertiary alicyclic amines) is 1. The van der Waals surface area contributed by atoms with Crippen molar-refractivity contribution in [2.45, 2.75) is 37.3 Å². The largest absolute Gasteiger partial charge is 0.390 e. The Kier molecular flexibility index (Phi) is 5.92. The zero-order chi connectivity index (χ0) is 17.9. The summed E-state index contributed by atoms with van der Waals surface area (Å²) in [4.78, 5) is 12.1. The van der Waals surface area contributed by atoms with Crippen molar-refractivity contribution in [3.63, 3.8) is 0 Å². The first kappa shape index (κ1) is 18.8. The first-order valence-corrected chi connectivity index (χ1v) is 9.33. The van der Waals surface area contributed by atoms with E-state index >= 15 is 0 Å². The molecule has 1 aromatic carbocycles. The first-order chi connectivity index (χ1) is 11.2. The van der Waals surface area contributed by atoms with Crippen LogP contribution in [0.4, 0.5) is 5.69 Å². The fourth-order valence-electron chi connectivity index (χ4n) is 3.01. The van der Waals surface area contributed by atoms with Gasteiger partial charge in [-0.2, -0.15) is 0 Å². The number of nitrogens with zero attached hydrogens (tertiary/aromatic N) is 2. The Labute approximate surface area is 141 Å². The lowest BCUT2D eigenvalue weighted by atomic mass is 10.1. The SMILES string of the molecule is CC1CC(C)N(C[C@H](O)CNS(=O)(=O)c2ccc([N+](=O)[O-])cc2)C1. The van der Waals surface area contributed by atoms with Crippen molar-refractivity contribution in [2.24, 2.45) is 5.92 Å². The minimum atomic E-state index is -3.81. The van der Waals surface area contributed by atoms with Crippen LogP contribution in [-0.4, -0.2) is 55.1 Å². The van der Waals surface area contributed by atoms with E-state index in [1.165, 1.54) is 12.1 Å². The minimum absolute atomic E-state index is 0.0662. The van der Waals surface area contributed by atoms with Gasteiger partial charge >= 0.3 is 0 Å². The van der Waals surface area contributed by atoms with Crippen LogP contribution in [-0.2, 0) is 10.0 Å². The van der Waals surface area contributed by atoms with Crippen LogP contribution in [0.2, 0.25) is 0 Å². The first-order valence-electron chi connectivity index (χ1n) is 7.85. The number of hydrogen-bond acceptors (Lipinski definition) is 6. The zero-order valence-electron chi connectivity index (χ0n) is 13.8. The highest BCUT2D eigenvalue weighted by Gasteiger charge is 2.28. The van der Waals surface area contributed by atoms with E-state index in [1.807, 2.05) is 0 Å². The predicted molar refractivity (Wildman–Crippen MR) is 89.1 cm³/mol. The molecule has 0 saturated carbocycles. The predicted octanol–water partition coefficient (Wildman–Crippen LogP) is 0.964. The van der Waals surface area contributed by atoms with Gasteiger partial charge < -0.3 is 5.11 Å². The molecule has 1 saturated heterocycles. The summed E-state index contributed by atoms with van der Waals surface area (Å²) in [5.41, 5.74) is -0.175. The number of aliphatic hydroxyl groups is 1. The average molecular weight is 357 g/mol. The van der Waals surface area contributed by atoms with Crippen molar-refractivity contribution >= 4 is 15.7 Å². The summed E-state index contributed by atoms with van der Waals surface area (Å²) < 4.78 is 26.7. The number of aliphatic hydroxyl groups excluding tert-OH is 1. The van der Waals surface area contributed by atoms with E-state index in [1.54, 1.807) is 0 Å². The van der Waals surface area contributed by atoms with Crippen molar-refractivity contribution in [3.8, 4) is 0 Å². The summed E-state index contributed by atoms with van der Waals surface area (Å²) in [6, 6.07) is 5.01. The van der Waals surface area contributed by atoms with Crippen LogP contribution in [0.25, 0.3) is 0 Å². The molecule has 0 aliphatic carbocycles. The summed E-state index contributed by atoms with van der Waals surface area (Å²) in [6.07, 6.45) is 0.256. The molecular weight excluding hydrogens is 334 g/mol. The van der Waals surface area contributed by atoms with E-state index in [-0.39, 0.29) is 17.1 Å². The maximum Gasteiger partial charge on any atom is 0.269 e.